The number of piperidine rings is 1. The number of carbonyl (C=O) groups is 1. The van der Waals surface area contributed by atoms with E-state index in [9.17, 15) is 26.0 Å². The van der Waals surface area contributed by atoms with Crippen LogP contribution in [-0.2, 0) is 29.6 Å². The molecule has 2 fully saturated rings. The van der Waals surface area contributed by atoms with E-state index in [1.807, 2.05) is 0 Å². The Morgan fingerprint density at radius 1 is 0.853 bits per heavy atom. The molecule has 9 nitrogen and oxygen atoms in total. The smallest absolute Gasteiger partial charge is 0.243 e. The summed E-state index contributed by atoms with van der Waals surface area (Å²) in [5, 5.41) is 2.75. The van der Waals surface area contributed by atoms with E-state index in [0.717, 1.165) is 12.1 Å². The van der Waals surface area contributed by atoms with Crippen LogP contribution in [0.5, 0.6) is 0 Å². The van der Waals surface area contributed by atoms with Crippen LogP contribution in [0.4, 0.5) is 10.1 Å². The Morgan fingerprint density at radius 2 is 1.41 bits per heavy atom. The number of sulfonamides is 2. The third-order valence-electron chi connectivity index (χ3n) is 5.94. The van der Waals surface area contributed by atoms with Gasteiger partial charge in [0.25, 0.3) is 0 Å². The molecule has 0 radical (unpaired) electrons. The molecule has 0 saturated carbocycles. The van der Waals surface area contributed by atoms with Gasteiger partial charge >= 0.3 is 0 Å². The Kier molecular flexibility index (Phi) is 7.33. The number of hydrogen-bond donors (Lipinski definition) is 1. The van der Waals surface area contributed by atoms with Gasteiger partial charge in [0.1, 0.15) is 5.82 Å². The van der Waals surface area contributed by atoms with Crippen LogP contribution in [0.2, 0.25) is 0 Å². The minimum atomic E-state index is -3.84. The largest absolute Gasteiger partial charge is 0.379 e. The molecule has 2 aromatic carbocycles. The number of rotatable bonds is 6. The Balaban J connectivity index is 1.41. The zero-order valence-corrected chi connectivity index (χ0v) is 20.0. The summed E-state index contributed by atoms with van der Waals surface area (Å²) in [7, 11) is -7.48. The number of amides is 1. The van der Waals surface area contributed by atoms with Gasteiger partial charge in [-0.1, -0.05) is 0 Å². The lowest BCUT2D eigenvalue weighted by Gasteiger charge is -2.31. The highest BCUT2D eigenvalue weighted by Crippen LogP contribution is 2.26. The fourth-order valence-electron chi connectivity index (χ4n) is 4.02. The van der Waals surface area contributed by atoms with Crippen molar-refractivity contribution in [1.29, 1.82) is 0 Å². The van der Waals surface area contributed by atoms with Crippen molar-refractivity contribution in [1.82, 2.24) is 8.61 Å². The monoisotopic (exact) mass is 511 g/mol. The number of anilines is 1. The maximum absolute atomic E-state index is 13.2. The highest BCUT2D eigenvalue weighted by molar-refractivity contribution is 7.89. The highest BCUT2D eigenvalue weighted by atomic mass is 32.2. The fraction of sp³-hybridized carbons (Fsp3) is 0.409. The fourth-order valence-corrected chi connectivity index (χ4v) is 6.95. The Hall–Kier alpha value is -2.38. The van der Waals surface area contributed by atoms with E-state index < -0.39 is 31.8 Å². The number of morpholine rings is 1. The summed E-state index contributed by atoms with van der Waals surface area (Å²) in [5.74, 6) is -1.44. The average molecular weight is 512 g/mol. The molecule has 2 aliphatic rings. The SMILES string of the molecule is O=C(Nc1ccc(S(=O)(=O)N2CCOCC2)cc1)[C@H]1CCCN(S(=O)(=O)c2ccc(F)cc2)C1. The predicted octanol–water partition coefficient (Wildman–Crippen LogP) is 1.89. The minimum Gasteiger partial charge on any atom is -0.379 e. The van der Waals surface area contributed by atoms with Crippen molar-refractivity contribution in [3.63, 3.8) is 0 Å². The molecule has 2 aromatic rings. The highest BCUT2D eigenvalue weighted by Gasteiger charge is 2.33. The number of ether oxygens (including phenoxy) is 1. The van der Waals surface area contributed by atoms with Gasteiger partial charge in [-0.2, -0.15) is 8.61 Å². The molecule has 4 rings (SSSR count). The van der Waals surface area contributed by atoms with Crippen LogP contribution >= 0.6 is 0 Å². The molecule has 2 heterocycles. The van der Waals surface area contributed by atoms with E-state index >= 15 is 0 Å². The molecule has 2 aliphatic heterocycles. The second-order valence-electron chi connectivity index (χ2n) is 8.19. The van der Waals surface area contributed by atoms with Crippen molar-refractivity contribution < 1.29 is 30.8 Å². The summed E-state index contributed by atoms with van der Waals surface area (Å²) in [6.07, 6.45) is 1.03. The summed E-state index contributed by atoms with van der Waals surface area (Å²) in [6.45, 7) is 1.57. The predicted molar refractivity (Wildman–Crippen MR) is 123 cm³/mol. The summed E-state index contributed by atoms with van der Waals surface area (Å²) in [6, 6.07) is 10.5. The van der Waals surface area contributed by atoms with Gasteiger partial charge in [-0.3, -0.25) is 4.79 Å². The first-order chi connectivity index (χ1) is 16.2. The zero-order chi connectivity index (χ0) is 24.3. The van der Waals surface area contributed by atoms with Crippen LogP contribution in [-0.4, -0.2) is 70.7 Å². The van der Waals surface area contributed by atoms with Crippen molar-refractivity contribution >= 4 is 31.6 Å². The lowest BCUT2D eigenvalue weighted by atomic mass is 9.99. The second kappa shape index (κ2) is 10.1. The lowest BCUT2D eigenvalue weighted by Crippen LogP contribution is -2.43. The van der Waals surface area contributed by atoms with E-state index in [1.54, 1.807) is 0 Å². The normalized spacial score (nSPS) is 20.7. The molecule has 1 atom stereocenters. The molecule has 0 aromatic heterocycles. The van der Waals surface area contributed by atoms with Crippen molar-refractivity contribution in [2.24, 2.45) is 5.92 Å². The number of benzene rings is 2. The molecular formula is C22H26FN3O6S2. The molecule has 1 amide bonds. The van der Waals surface area contributed by atoms with Gasteiger partial charge in [0, 0.05) is 31.9 Å². The Labute approximate surface area is 198 Å². The van der Waals surface area contributed by atoms with Gasteiger partial charge < -0.3 is 10.1 Å². The zero-order valence-electron chi connectivity index (χ0n) is 18.4. The van der Waals surface area contributed by atoms with E-state index in [0.29, 0.717) is 44.8 Å². The van der Waals surface area contributed by atoms with Gasteiger partial charge in [0.05, 0.1) is 28.9 Å². The van der Waals surface area contributed by atoms with Crippen LogP contribution in [0, 0.1) is 11.7 Å². The number of nitrogens with zero attached hydrogens (tertiary/aromatic N) is 2. The van der Waals surface area contributed by atoms with Gasteiger partial charge in [0.2, 0.25) is 26.0 Å². The first kappa shape index (κ1) is 24.7. The van der Waals surface area contributed by atoms with Crippen LogP contribution in [0.3, 0.4) is 0 Å². The third-order valence-corrected chi connectivity index (χ3v) is 9.73. The van der Waals surface area contributed by atoms with E-state index in [4.69, 9.17) is 4.74 Å². The summed E-state index contributed by atoms with van der Waals surface area (Å²) < 4.78 is 72.2. The van der Waals surface area contributed by atoms with E-state index in [-0.39, 0.29) is 28.8 Å². The average Bonchev–Trinajstić information content (AvgIpc) is 2.85. The molecular weight excluding hydrogens is 485 g/mol. The molecule has 34 heavy (non-hydrogen) atoms. The Bertz CT molecular complexity index is 1230. The standard InChI is InChI=1S/C22H26FN3O6S2/c23-18-3-7-20(8-4-18)34(30,31)26-11-1-2-17(16-26)22(27)24-19-5-9-21(10-6-19)33(28,29)25-12-14-32-15-13-25/h3-10,17H,1-2,11-16H2,(H,24,27)/t17-/m0/s1. The molecule has 0 aliphatic carbocycles. The van der Waals surface area contributed by atoms with Gasteiger partial charge in [-0.05, 0) is 61.4 Å². The second-order valence-corrected chi connectivity index (χ2v) is 12.1. The quantitative estimate of drug-likeness (QED) is 0.634. The Morgan fingerprint density at radius 3 is 2.03 bits per heavy atom. The number of carbonyl (C=O) groups excluding carboxylic acids is 1. The van der Waals surface area contributed by atoms with Crippen molar-refractivity contribution in [3.8, 4) is 0 Å². The molecule has 0 spiro atoms. The maximum atomic E-state index is 13.2. The minimum absolute atomic E-state index is 0.00897. The molecule has 184 valence electrons. The van der Waals surface area contributed by atoms with E-state index in [1.165, 1.54) is 45.0 Å². The molecule has 0 bridgehead atoms. The molecule has 0 unspecified atom stereocenters. The van der Waals surface area contributed by atoms with E-state index in [2.05, 4.69) is 5.32 Å². The van der Waals surface area contributed by atoms with Crippen LogP contribution in [0.15, 0.2) is 58.3 Å². The van der Waals surface area contributed by atoms with Crippen molar-refractivity contribution in [2.75, 3.05) is 44.7 Å². The van der Waals surface area contributed by atoms with Crippen LogP contribution < -0.4 is 5.32 Å². The molecule has 1 N–H and O–H groups in total. The van der Waals surface area contributed by atoms with Crippen LogP contribution in [0.25, 0.3) is 0 Å². The van der Waals surface area contributed by atoms with Crippen molar-refractivity contribution in [3.05, 3.63) is 54.3 Å². The van der Waals surface area contributed by atoms with Crippen LogP contribution in [0.1, 0.15) is 12.8 Å². The summed E-state index contributed by atoms with van der Waals surface area (Å²) in [4.78, 5) is 12.9. The summed E-state index contributed by atoms with van der Waals surface area (Å²) >= 11 is 0. The van der Waals surface area contributed by atoms with Gasteiger partial charge in [0.15, 0.2) is 0 Å². The summed E-state index contributed by atoms with van der Waals surface area (Å²) in [5.41, 5.74) is 0.421. The van der Waals surface area contributed by atoms with Gasteiger partial charge in [-0.25, -0.2) is 21.2 Å². The first-order valence-electron chi connectivity index (χ1n) is 10.9. The molecule has 2 saturated heterocycles. The molecule has 12 heteroatoms. The third kappa shape index (κ3) is 5.31. The topological polar surface area (TPSA) is 113 Å². The van der Waals surface area contributed by atoms with Gasteiger partial charge in [-0.15, -0.1) is 0 Å². The lowest BCUT2D eigenvalue weighted by molar-refractivity contribution is -0.120. The number of hydrogen-bond acceptors (Lipinski definition) is 6. The van der Waals surface area contributed by atoms with Crippen molar-refractivity contribution in [2.45, 2.75) is 22.6 Å². The first-order valence-corrected chi connectivity index (χ1v) is 13.8. The maximum Gasteiger partial charge on any atom is 0.243 e. The number of nitrogens with one attached hydrogen (secondary N) is 1. The number of halogens is 1.